The van der Waals surface area contributed by atoms with E-state index in [2.05, 4.69) is 22.0 Å². The highest BCUT2D eigenvalue weighted by Gasteiger charge is 2.23. The molecule has 23 heavy (non-hydrogen) atoms. The first-order chi connectivity index (χ1) is 11.2. The van der Waals surface area contributed by atoms with Gasteiger partial charge in [0.1, 0.15) is 5.75 Å². The molecule has 0 spiro atoms. The Morgan fingerprint density at radius 3 is 2.65 bits per heavy atom. The molecule has 1 aliphatic heterocycles. The molecule has 0 saturated carbocycles. The van der Waals surface area contributed by atoms with Gasteiger partial charge in [0.15, 0.2) is 5.82 Å². The lowest BCUT2D eigenvalue weighted by atomic mass is 10.2. The number of aromatic nitrogens is 3. The Hall–Kier alpha value is -2.12. The summed E-state index contributed by atoms with van der Waals surface area (Å²) in [5, 5.41) is 6.81. The molecule has 2 heterocycles. The van der Waals surface area contributed by atoms with Crippen LogP contribution in [0.15, 0.2) is 29.1 Å². The molecule has 1 saturated heterocycles. The Bertz CT molecular complexity index is 686. The SMILES string of the molecule is COc1ccc(Cn2c(C(C)N3CCOCC3)n[nH]c2=O)cc1. The average Bonchev–Trinajstić information content (AvgIpc) is 2.96. The van der Waals surface area contributed by atoms with Gasteiger partial charge in [-0.25, -0.2) is 9.89 Å². The summed E-state index contributed by atoms with van der Waals surface area (Å²) < 4.78 is 12.2. The van der Waals surface area contributed by atoms with Crippen molar-refractivity contribution in [3.05, 3.63) is 46.1 Å². The van der Waals surface area contributed by atoms with Gasteiger partial charge in [0.25, 0.3) is 0 Å². The number of nitrogens with one attached hydrogen (secondary N) is 1. The Morgan fingerprint density at radius 2 is 2.00 bits per heavy atom. The second-order valence-electron chi connectivity index (χ2n) is 5.65. The second-order valence-corrected chi connectivity index (χ2v) is 5.65. The van der Waals surface area contributed by atoms with E-state index in [1.165, 1.54) is 0 Å². The molecular weight excluding hydrogens is 296 g/mol. The lowest BCUT2D eigenvalue weighted by Gasteiger charge is -2.31. The van der Waals surface area contributed by atoms with Crippen LogP contribution in [0.2, 0.25) is 0 Å². The van der Waals surface area contributed by atoms with E-state index in [4.69, 9.17) is 9.47 Å². The molecule has 0 radical (unpaired) electrons. The van der Waals surface area contributed by atoms with Crippen molar-refractivity contribution in [2.75, 3.05) is 33.4 Å². The van der Waals surface area contributed by atoms with Gasteiger partial charge < -0.3 is 9.47 Å². The molecule has 1 aliphatic rings. The smallest absolute Gasteiger partial charge is 0.343 e. The van der Waals surface area contributed by atoms with Crippen molar-refractivity contribution in [1.82, 2.24) is 19.7 Å². The zero-order valence-corrected chi connectivity index (χ0v) is 13.5. The summed E-state index contributed by atoms with van der Waals surface area (Å²) in [7, 11) is 1.64. The van der Waals surface area contributed by atoms with Crippen LogP contribution in [-0.4, -0.2) is 53.1 Å². The van der Waals surface area contributed by atoms with Crippen molar-refractivity contribution in [2.24, 2.45) is 0 Å². The molecule has 124 valence electrons. The number of aromatic amines is 1. The molecular formula is C16H22N4O3. The third-order valence-electron chi connectivity index (χ3n) is 4.25. The van der Waals surface area contributed by atoms with Crippen molar-refractivity contribution < 1.29 is 9.47 Å². The zero-order valence-electron chi connectivity index (χ0n) is 13.5. The number of morpholine rings is 1. The summed E-state index contributed by atoms with van der Waals surface area (Å²) in [6, 6.07) is 7.77. The van der Waals surface area contributed by atoms with E-state index >= 15 is 0 Å². The van der Waals surface area contributed by atoms with Gasteiger partial charge in [0, 0.05) is 13.1 Å². The van der Waals surface area contributed by atoms with E-state index in [0.29, 0.717) is 6.54 Å². The predicted molar refractivity (Wildman–Crippen MR) is 85.8 cm³/mol. The van der Waals surface area contributed by atoms with Gasteiger partial charge in [-0.3, -0.25) is 9.47 Å². The highest BCUT2D eigenvalue weighted by atomic mass is 16.5. The summed E-state index contributed by atoms with van der Waals surface area (Å²) in [6.07, 6.45) is 0. The van der Waals surface area contributed by atoms with Crippen molar-refractivity contribution in [2.45, 2.75) is 19.5 Å². The van der Waals surface area contributed by atoms with Gasteiger partial charge in [0.2, 0.25) is 0 Å². The summed E-state index contributed by atoms with van der Waals surface area (Å²) in [4.78, 5) is 14.4. The highest BCUT2D eigenvalue weighted by Crippen LogP contribution is 2.19. The van der Waals surface area contributed by atoms with E-state index in [-0.39, 0.29) is 11.7 Å². The molecule has 1 aromatic heterocycles. The highest BCUT2D eigenvalue weighted by molar-refractivity contribution is 5.27. The molecule has 1 aromatic carbocycles. The van der Waals surface area contributed by atoms with Gasteiger partial charge in [-0.1, -0.05) is 12.1 Å². The van der Waals surface area contributed by atoms with Crippen LogP contribution < -0.4 is 10.4 Å². The van der Waals surface area contributed by atoms with Crippen LogP contribution in [0, 0.1) is 0 Å². The third-order valence-corrected chi connectivity index (χ3v) is 4.25. The van der Waals surface area contributed by atoms with Gasteiger partial charge in [-0.2, -0.15) is 5.10 Å². The van der Waals surface area contributed by atoms with Crippen LogP contribution in [0.25, 0.3) is 0 Å². The Kier molecular flexibility index (Phi) is 4.78. The lowest BCUT2D eigenvalue weighted by Crippen LogP contribution is -2.39. The third kappa shape index (κ3) is 3.46. The molecule has 0 bridgehead atoms. The number of H-pyrrole nitrogens is 1. The maximum absolute atomic E-state index is 12.1. The first-order valence-corrected chi connectivity index (χ1v) is 7.79. The predicted octanol–water partition coefficient (Wildman–Crippen LogP) is 1.02. The monoisotopic (exact) mass is 318 g/mol. The van der Waals surface area contributed by atoms with Crippen LogP contribution in [0.5, 0.6) is 5.75 Å². The van der Waals surface area contributed by atoms with Gasteiger partial charge in [-0.15, -0.1) is 0 Å². The molecule has 2 aromatic rings. The second kappa shape index (κ2) is 6.97. The van der Waals surface area contributed by atoms with Crippen LogP contribution in [0.3, 0.4) is 0 Å². The fraction of sp³-hybridized carbons (Fsp3) is 0.500. The van der Waals surface area contributed by atoms with E-state index in [1.54, 1.807) is 11.7 Å². The number of nitrogens with zero attached hydrogens (tertiary/aromatic N) is 3. The standard InChI is InChI=1S/C16H22N4O3/c1-12(19-7-9-23-10-8-19)15-17-18-16(21)20(15)11-13-3-5-14(22-2)6-4-13/h3-6,12H,7-11H2,1-2H3,(H,18,21). The summed E-state index contributed by atoms with van der Waals surface area (Å²) in [6.45, 7) is 5.71. The maximum Gasteiger partial charge on any atom is 0.343 e. The Labute approximate surface area is 134 Å². The van der Waals surface area contributed by atoms with Gasteiger partial charge >= 0.3 is 5.69 Å². The number of hydrogen-bond acceptors (Lipinski definition) is 5. The van der Waals surface area contributed by atoms with Crippen molar-refractivity contribution >= 4 is 0 Å². The van der Waals surface area contributed by atoms with Crippen LogP contribution in [0.1, 0.15) is 24.4 Å². The zero-order chi connectivity index (χ0) is 16.2. The quantitative estimate of drug-likeness (QED) is 0.891. The van der Waals surface area contributed by atoms with E-state index in [9.17, 15) is 4.79 Å². The van der Waals surface area contributed by atoms with Gasteiger partial charge in [-0.05, 0) is 24.6 Å². The molecule has 1 atom stereocenters. The minimum Gasteiger partial charge on any atom is -0.497 e. The van der Waals surface area contributed by atoms with Crippen molar-refractivity contribution in [3.8, 4) is 5.75 Å². The molecule has 0 aliphatic carbocycles. The first-order valence-electron chi connectivity index (χ1n) is 7.79. The molecule has 7 heteroatoms. The Morgan fingerprint density at radius 1 is 1.30 bits per heavy atom. The minimum atomic E-state index is -0.184. The number of hydrogen-bond donors (Lipinski definition) is 1. The lowest BCUT2D eigenvalue weighted by molar-refractivity contribution is 0.0175. The first kappa shape index (κ1) is 15.8. The molecule has 1 unspecified atom stereocenters. The minimum absolute atomic E-state index is 0.0658. The topological polar surface area (TPSA) is 72.4 Å². The van der Waals surface area contributed by atoms with Crippen molar-refractivity contribution in [3.63, 3.8) is 0 Å². The maximum atomic E-state index is 12.1. The number of methoxy groups -OCH3 is 1. The fourth-order valence-corrected chi connectivity index (χ4v) is 2.84. The molecule has 1 fully saturated rings. The fourth-order valence-electron chi connectivity index (χ4n) is 2.84. The normalized spacial score (nSPS) is 17.1. The van der Waals surface area contributed by atoms with Crippen molar-refractivity contribution in [1.29, 1.82) is 0 Å². The van der Waals surface area contributed by atoms with E-state index in [1.807, 2.05) is 24.3 Å². The molecule has 3 rings (SSSR count). The average molecular weight is 318 g/mol. The Balaban J connectivity index is 1.81. The summed E-state index contributed by atoms with van der Waals surface area (Å²) in [5.41, 5.74) is 0.848. The number of ether oxygens (including phenoxy) is 2. The molecule has 0 amide bonds. The number of rotatable bonds is 5. The molecule has 1 N–H and O–H groups in total. The van der Waals surface area contributed by atoms with E-state index < -0.39 is 0 Å². The summed E-state index contributed by atoms with van der Waals surface area (Å²) in [5.74, 6) is 1.56. The van der Waals surface area contributed by atoms with Crippen LogP contribution in [-0.2, 0) is 11.3 Å². The summed E-state index contributed by atoms with van der Waals surface area (Å²) >= 11 is 0. The van der Waals surface area contributed by atoms with E-state index in [0.717, 1.165) is 43.4 Å². The van der Waals surface area contributed by atoms with Crippen LogP contribution >= 0.6 is 0 Å². The molecule has 7 nitrogen and oxygen atoms in total. The number of benzene rings is 1. The van der Waals surface area contributed by atoms with Crippen LogP contribution in [0.4, 0.5) is 0 Å². The van der Waals surface area contributed by atoms with Gasteiger partial charge in [0.05, 0.1) is 32.9 Å². The largest absolute Gasteiger partial charge is 0.497 e.